The topological polar surface area (TPSA) is 60.4 Å². The number of carbonyl (C=O) groups excluding carboxylic acids is 1. The molecule has 146 valence electrons. The van der Waals surface area contributed by atoms with Gasteiger partial charge in [-0.25, -0.2) is 4.79 Å². The van der Waals surface area contributed by atoms with Gasteiger partial charge in [-0.2, -0.15) is 0 Å². The second kappa shape index (κ2) is 7.16. The van der Waals surface area contributed by atoms with Gasteiger partial charge in [0.2, 0.25) is 0 Å². The van der Waals surface area contributed by atoms with Crippen LogP contribution in [0.1, 0.15) is 21.5 Å². The van der Waals surface area contributed by atoms with Crippen LogP contribution in [0, 0.1) is 6.92 Å². The van der Waals surface area contributed by atoms with Gasteiger partial charge in [-0.1, -0.05) is 60.7 Å². The zero-order chi connectivity index (χ0) is 20.7. The minimum Gasteiger partial charge on any atom is -0.456 e. The van der Waals surface area contributed by atoms with E-state index in [2.05, 4.69) is 0 Å². The van der Waals surface area contributed by atoms with Gasteiger partial charge in [0.1, 0.15) is 16.9 Å². The summed E-state index contributed by atoms with van der Waals surface area (Å²) < 4.78 is 11.8. The first-order valence-electron chi connectivity index (χ1n) is 9.74. The van der Waals surface area contributed by atoms with E-state index < -0.39 is 5.63 Å². The lowest BCUT2D eigenvalue weighted by Gasteiger charge is -2.05. The van der Waals surface area contributed by atoms with E-state index in [1.807, 2.05) is 67.6 Å². The summed E-state index contributed by atoms with van der Waals surface area (Å²) in [6.45, 7) is 1.87. The average molecular weight is 394 g/mol. The Labute approximate surface area is 172 Å². The van der Waals surface area contributed by atoms with Crippen molar-refractivity contribution in [2.24, 2.45) is 0 Å². The van der Waals surface area contributed by atoms with E-state index in [9.17, 15) is 9.59 Å². The molecule has 2 aromatic heterocycles. The van der Waals surface area contributed by atoms with Gasteiger partial charge in [-0.15, -0.1) is 0 Å². The van der Waals surface area contributed by atoms with E-state index in [-0.39, 0.29) is 12.2 Å². The summed E-state index contributed by atoms with van der Waals surface area (Å²) in [5.41, 5.74) is 3.67. The number of furan rings is 1. The smallest absolute Gasteiger partial charge is 0.336 e. The monoisotopic (exact) mass is 394 g/mol. The van der Waals surface area contributed by atoms with E-state index in [0.29, 0.717) is 27.9 Å². The number of hydrogen-bond donors (Lipinski definition) is 0. The van der Waals surface area contributed by atoms with Crippen LogP contribution < -0.4 is 5.63 Å². The molecule has 5 aromatic rings. The summed E-state index contributed by atoms with van der Waals surface area (Å²) in [6, 6.07) is 24.1. The second-order valence-electron chi connectivity index (χ2n) is 7.31. The molecule has 4 nitrogen and oxygen atoms in total. The van der Waals surface area contributed by atoms with Crippen molar-refractivity contribution in [2.45, 2.75) is 13.3 Å². The maximum Gasteiger partial charge on any atom is 0.336 e. The summed E-state index contributed by atoms with van der Waals surface area (Å²) in [6.07, 6.45) is 0.137. The van der Waals surface area contributed by atoms with Gasteiger partial charge in [-0.05, 0) is 24.6 Å². The number of carbonyl (C=O) groups is 1. The fourth-order valence-electron chi connectivity index (χ4n) is 3.90. The number of Topliss-reactive ketones (excluding diaryl/α,β-unsaturated/α-hetero) is 1. The Morgan fingerprint density at radius 2 is 1.57 bits per heavy atom. The summed E-state index contributed by atoms with van der Waals surface area (Å²) >= 11 is 0. The van der Waals surface area contributed by atoms with E-state index >= 15 is 0 Å². The third-order valence-corrected chi connectivity index (χ3v) is 5.34. The third kappa shape index (κ3) is 3.03. The van der Waals surface area contributed by atoms with Crippen LogP contribution in [0.15, 0.2) is 92.5 Å². The van der Waals surface area contributed by atoms with Crippen LogP contribution in [-0.4, -0.2) is 5.78 Å². The van der Waals surface area contributed by atoms with E-state index in [1.165, 1.54) is 6.07 Å². The number of fused-ring (bicyclic) bond motifs is 3. The molecule has 5 rings (SSSR count). The quantitative estimate of drug-likeness (QED) is 0.280. The van der Waals surface area contributed by atoms with Crippen molar-refractivity contribution in [3.8, 4) is 11.3 Å². The van der Waals surface area contributed by atoms with Gasteiger partial charge in [-0.3, -0.25) is 4.79 Å². The molecule has 4 heteroatoms. The first kappa shape index (κ1) is 18.1. The molecule has 0 aliphatic rings. The van der Waals surface area contributed by atoms with Gasteiger partial charge in [0.05, 0.1) is 5.39 Å². The Bertz CT molecular complexity index is 1440. The fraction of sp³-hybridized carbons (Fsp3) is 0.0769. The molecule has 0 saturated carbocycles. The first-order chi connectivity index (χ1) is 14.6. The first-order valence-corrected chi connectivity index (χ1v) is 9.74. The van der Waals surface area contributed by atoms with Gasteiger partial charge in [0, 0.05) is 34.6 Å². The van der Waals surface area contributed by atoms with Crippen molar-refractivity contribution < 1.29 is 13.6 Å². The molecule has 0 bridgehead atoms. The lowest BCUT2D eigenvalue weighted by molar-refractivity contribution is 0.0993. The molecule has 0 saturated heterocycles. The molecule has 0 radical (unpaired) electrons. The summed E-state index contributed by atoms with van der Waals surface area (Å²) in [7, 11) is 0. The summed E-state index contributed by atoms with van der Waals surface area (Å²) in [5, 5.41) is 1.51. The van der Waals surface area contributed by atoms with Crippen LogP contribution in [-0.2, 0) is 6.42 Å². The molecule has 0 spiro atoms. The van der Waals surface area contributed by atoms with Gasteiger partial charge in [0.15, 0.2) is 5.78 Å². The van der Waals surface area contributed by atoms with Gasteiger partial charge in [0.25, 0.3) is 0 Å². The summed E-state index contributed by atoms with van der Waals surface area (Å²) in [4.78, 5) is 25.2. The molecule has 0 unspecified atom stereocenters. The predicted octanol–water partition coefficient (Wildman–Crippen LogP) is 5.94. The van der Waals surface area contributed by atoms with Crippen molar-refractivity contribution >= 4 is 27.7 Å². The molecule has 0 fully saturated rings. The highest BCUT2D eigenvalue weighted by Crippen LogP contribution is 2.38. The molecule has 0 aliphatic heterocycles. The van der Waals surface area contributed by atoms with Crippen LogP contribution in [0.3, 0.4) is 0 Å². The predicted molar refractivity (Wildman–Crippen MR) is 117 cm³/mol. The molecule has 0 N–H and O–H groups in total. The SMILES string of the molecule is Cc1cc(=O)oc2c1ccc1oc(-c3ccccc3)c(CC(=O)c3ccccc3)c12. The number of ketones is 1. The largest absolute Gasteiger partial charge is 0.456 e. The maximum absolute atomic E-state index is 13.1. The van der Waals surface area contributed by atoms with Crippen molar-refractivity contribution in [3.05, 3.63) is 106 Å². The molecule has 0 aliphatic carbocycles. The number of rotatable bonds is 4. The zero-order valence-electron chi connectivity index (χ0n) is 16.3. The number of hydrogen-bond acceptors (Lipinski definition) is 4. The maximum atomic E-state index is 13.1. The minimum atomic E-state index is -0.421. The van der Waals surface area contributed by atoms with Crippen molar-refractivity contribution in [3.63, 3.8) is 0 Å². The fourth-order valence-corrected chi connectivity index (χ4v) is 3.90. The normalized spacial score (nSPS) is 11.2. The highest BCUT2D eigenvalue weighted by molar-refractivity contribution is 6.10. The Hall–Kier alpha value is -3.92. The molecular weight excluding hydrogens is 376 g/mol. The number of benzene rings is 3. The molecular formula is C26H18O4. The standard InChI is InChI=1S/C26H18O4/c1-16-14-23(28)30-26-19(16)12-13-22-24(26)20(15-21(27)17-8-4-2-5-9-17)25(29-22)18-10-6-3-7-11-18/h2-14H,15H2,1H3. The molecule has 2 heterocycles. The van der Waals surface area contributed by atoms with E-state index in [4.69, 9.17) is 8.83 Å². The van der Waals surface area contributed by atoms with Crippen LogP contribution >= 0.6 is 0 Å². The van der Waals surface area contributed by atoms with Crippen molar-refractivity contribution in [1.29, 1.82) is 0 Å². The molecule has 3 aromatic carbocycles. The van der Waals surface area contributed by atoms with Crippen molar-refractivity contribution in [1.82, 2.24) is 0 Å². The van der Waals surface area contributed by atoms with Crippen LogP contribution in [0.2, 0.25) is 0 Å². The minimum absolute atomic E-state index is 0.0255. The zero-order valence-corrected chi connectivity index (χ0v) is 16.3. The molecule has 30 heavy (non-hydrogen) atoms. The molecule has 0 amide bonds. The third-order valence-electron chi connectivity index (χ3n) is 5.34. The molecule has 0 atom stereocenters. The second-order valence-corrected chi connectivity index (χ2v) is 7.31. The Morgan fingerprint density at radius 1 is 0.867 bits per heavy atom. The average Bonchev–Trinajstić information content (AvgIpc) is 3.13. The highest BCUT2D eigenvalue weighted by atomic mass is 16.4. The van der Waals surface area contributed by atoms with Crippen LogP contribution in [0.4, 0.5) is 0 Å². The van der Waals surface area contributed by atoms with E-state index in [0.717, 1.165) is 22.1 Å². The Balaban J connectivity index is 1.81. The van der Waals surface area contributed by atoms with Crippen molar-refractivity contribution in [2.75, 3.05) is 0 Å². The summed E-state index contributed by atoms with van der Waals surface area (Å²) in [5.74, 6) is 0.592. The van der Waals surface area contributed by atoms with Gasteiger partial charge >= 0.3 is 5.63 Å². The van der Waals surface area contributed by atoms with E-state index in [1.54, 1.807) is 12.1 Å². The Morgan fingerprint density at radius 3 is 2.30 bits per heavy atom. The lowest BCUT2D eigenvalue weighted by atomic mass is 9.96. The Kier molecular flexibility index (Phi) is 4.32. The van der Waals surface area contributed by atoms with Crippen LogP contribution in [0.5, 0.6) is 0 Å². The number of aryl methyl sites for hydroxylation is 1. The highest BCUT2D eigenvalue weighted by Gasteiger charge is 2.22. The van der Waals surface area contributed by atoms with Crippen LogP contribution in [0.25, 0.3) is 33.3 Å². The lowest BCUT2D eigenvalue weighted by Crippen LogP contribution is -2.04. The van der Waals surface area contributed by atoms with Gasteiger partial charge < -0.3 is 8.83 Å².